The van der Waals surface area contributed by atoms with Gasteiger partial charge in [0.15, 0.2) is 0 Å². The van der Waals surface area contributed by atoms with Crippen LogP contribution in [0.15, 0.2) is 30.5 Å². The van der Waals surface area contributed by atoms with Crippen LogP contribution in [0.5, 0.6) is 0 Å². The maximum atomic E-state index is 11.9. The van der Waals surface area contributed by atoms with Gasteiger partial charge < -0.3 is 15.4 Å². The van der Waals surface area contributed by atoms with Gasteiger partial charge in [0.1, 0.15) is 0 Å². The van der Waals surface area contributed by atoms with Crippen LogP contribution in [-0.4, -0.2) is 28.6 Å². The van der Waals surface area contributed by atoms with E-state index < -0.39 is 0 Å². The van der Waals surface area contributed by atoms with Crippen LogP contribution in [-0.2, 0) is 11.2 Å². The molecule has 0 fully saturated rings. The van der Waals surface area contributed by atoms with E-state index in [1.165, 1.54) is 5.39 Å². The van der Waals surface area contributed by atoms with Crippen LogP contribution >= 0.6 is 0 Å². The molecule has 1 aromatic carbocycles. The van der Waals surface area contributed by atoms with Crippen molar-refractivity contribution in [1.82, 2.24) is 10.3 Å². The number of nitrogens with one attached hydrogen (secondary N) is 2. The number of carbonyl (C=O) groups excluding carboxylic acids is 1. The number of amides is 1. The summed E-state index contributed by atoms with van der Waals surface area (Å²) in [6.45, 7) is 3.96. The molecule has 0 aliphatic heterocycles. The number of benzene rings is 1. The normalized spacial score (nSPS) is 12.8. The fourth-order valence-corrected chi connectivity index (χ4v) is 2.29. The number of carbonyl (C=O) groups is 1. The summed E-state index contributed by atoms with van der Waals surface area (Å²) in [5.74, 6) is 0.222. The van der Waals surface area contributed by atoms with Gasteiger partial charge in [-0.15, -0.1) is 0 Å². The van der Waals surface area contributed by atoms with Crippen molar-refractivity contribution in [2.24, 2.45) is 5.92 Å². The number of para-hydroxylation sites is 1. The molecule has 1 unspecified atom stereocenters. The molecular weight excluding hydrogens is 252 g/mol. The molecule has 2 aromatic rings. The minimum Gasteiger partial charge on any atom is -0.394 e. The van der Waals surface area contributed by atoms with Crippen LogP contribution in [0.1, 0.15) is 25.8 Å². The van der Waals surface area contributed by atoms with Crippen LogP contribution in [0.2, 0.25) is 0 Å². The largest absolute Gasteiger partial charge is 0.394 e. The minimum atomic E-state index is -0.162. The van der Waals surface area contributed by atoms with Crippen LogP contribution in [0.3, 0.4) is 0 Å². The highest BCUT2D eigenvalue weighted by atomic mass is 16.3. The van der Waals surface area contributed by atoms with E-state index >= 15 is 0 Å². The Morgan fingerprint density at radius 3 is 2.80 bits per heavy atom. The van der Waals surface area contributed by atoms with Gasteiger partial charge in [-0.1, -0.05) is 32.0 Å². The summed E-state index contributed by atoms with van der Waals surface area (Å²) in [5.41, 5.74) is 2.25. The van der Waals surface area contributed by atoms with Crippen molar-refractivity contribution < 1.29 is 9.90 Å². The van der Waals surface area contributed by atoms with E-state index in [0.29, 0.717) is 12.8 Å². The molecule has 2 rings (SSSR count). The molecule has 0 bridgehead atoms. The van der Waals surface area contributed by atoms with Gasteiger partial charge in [-0.2, -0.15) is 0 Å². The van der Waals surface area contributed by atoms with Gasteiger partial charge in [-0.05, 0) is 24.0 Å². The number of aliphatic hydroxyl groups is 1. The second-order valence-corrected chi connectivity index (χ2v) is 5.46. The zero-order valence-corrected chi connectivity index (χ0v) is 12.0. The van der Waals surface area contributed by atoms with Crippen LogP contribution in [0.25, 0.3) is 10.9 Å². The predicted octanol–water partition coefficient (Wildman–Crippen LogP) is 2.23. The fourth-order valence-electron chi connectivity index (χ4n) is 2.29. The minimum absolute atomic E-state index is 0.0111. The number of rotatable bonds is 6. The van der Waals surface area contributed by atoms with Gasteiger partial charge in [0.2, 0.25) is 5.91 Å². The first-order valence-electron chi connectivity index (χ1n) is 7.07. The van der Waals surface area contributed by atoms with E-state index in [2.05, 4.69) is 16.4 Å². The summed E-state index contributed by atoms with van der Waals surface area (Å²) in [4.78, 5) is 15.1. The first-order valence-corrected chi connectivity index (χ1v) is 7.07. The SMILES string of the molecule is CC(C)C(CO)NC(=O)CCc1c[nH]c2ccccc12. The number of aromatic amines is 1. The van der Waals surface area contributed by atoms with Crippen molar-refractivity contribution in [3.63, 3.8) is 0 Å². The Balaban J connectivity index is 1.93. The predicted molar refractivity (Wildman–Crippen MR) is 80.5 cm³/mol. The molecule has 1 heterocycles. The molecule has 1 aromatic heterocycles. The number of hydrogen-bond acceptors (Lipinski definition) is 2. The quantitative estimate of drug-likeness (QED) is 0.756. The molecule has 0 spiro atoms. The Bertz CT molecular complexity index is 575. The van der Waals surface area contributed by atoms with Crippen molar-refractivity contribution >= 4 is 16.8 Å². The van der Waals surface area contributed by atoms with Crippen molar-refractivity contribution in [2.75, 3.05) is 6.61 Å². The third-order valence-corrected chi connectivity index (χ3v) is 3.64. The zero-order chi connectivity index (χ0) is 14.5. The topological polar surface area (TPSA) is 65.1 Å². The Morgan fingerprint density at radius 2 is 2.10 bits per heavy atom. The van der Waals surface area contributed by atoms with Gasteiger partial charge in [0, 0.05) is 23.5 Å². The highest BCUT2D eigenvalue weighted by Gasteiger charge is 2.15. The van der Waals surface area contributed by atoms with E-state index in [4.69, 9.17) is 0 Å². The zero-order valence-electron chi connectivity index (χ0n) is 12.0. The first-order chi connectivity index (χ1) is 9.61. The van der Waals surface area contributed by atoms with E-state index in [1.807, 2.05) is 38.2 Å². The number of aromatic nitrogens is 1. The molecule has 0 aliphatic rings. The third kappa shape index (κ3) is 3.39. The second kappa shape index (κ2) is 6.57. The highest BCUT2D eigenvalue weighted by molar-refractivity contribution is 5.84. The number of aryl methyl sites for hydroxylation is 1. The van der Waals surface area contributed by atoms with Crippen molar-refractivity contribution in [3.8, 4) is 0 Å². The highest BCUT2D eigenvalue weighted by Crippen LogP contribution is 2.18. The average Bonchev–Trinajstić information content (AvgIpc) is 2.85. The molecule has 1 atom stereocenters. The molecule has 4 nitrogen and oxygen atoms in total. The van der Waals surface area contributed by atoms with Crippen molar-refractivity contribution in [1.29, 1.82) is 0 Å². The summed E-state index contributed by atoms with van der Waals surface area (Å²) in [5, 5.41) is 13.3. The lowest BCUT2D eigenvalue weighted by molar-refractivity contribution is -0.122. The fraction of sp³-hybridized carbons (Fsp3) is 0.438. The molecule has 0 saturated heterocycles. The molecule has 4 heteroatoms. The second-order valence-electron chi connectivity index (χ2n) is 5.46. The summed E-state index contributed by atoms with van der Waals surface area (Å²) >= 11 is 0. The smallest absolute Gasteiger partial charge is 0.220 e. The molecular formula is C16H22N2O2. The van der Waals surface area contributed by atoms with Gasteiger partial charge in [-0.25, -0.2) is 0 Å². The Morgan fingerprint density at radius 1 is 1.35 bits per heavy atom. The number of hydrogen-bond donors (Lipinski definition) is 3. The lowest BCUT2D eigenvalue weighted by atomic mass is 10.0. The molecule has 1 amide bonds. The lowest BCUT2D eigenvalue weighted by Gasteiger charge is -2.19. The summed E-state index contributed by atoms with van der Waals surface area (Å²) < 4.78 is 0. The van der Waals surface area contributed by atoms with Gasteiger partial charge in [0.25, 0.3) is 0 Å². The Hall–Kier alpha value is -1.81. The van der Waals surface area contributed by atoms with Gasteiger partial charge >= 0.3 is 0 Å². The van der Waals surface area contributed by atoms with Crippen molar-refractivity contribution in [2.45, 2.75) is 32.7 Å². The van der Waals surface area contributed by atoms with E-state index in [0.717, 1.165) is 11.1 Å². The van der Waals surface area contributed by atoms with Crippen LogP contribution in [0.4, 0.5) is 0 Å². The van der Waals surface area contributed by atoms with Gasteiger partial charge in [0.05, 0.1) is 12.6 Å². The third-order valence-electron chi connectivity index (χ3n) is 3.64. The lowest BCUT2D eigenvalue weighted by Crippen LogP contribution is -2.41. The van der Waals surface area contributed by atoms with Crippen LogP contribution < -0.4 is 5.32 Å². The maximum Gasteiger partial charge on any atom is 0.220 e. The molecule has 108 valence electrons. The molecule has 20 heavy (non-hydrogen) atoms. The molecule has 0 radical (unpaired) electrons. The summed E-state index contributed by atoms with van der Waals surface area (Å²) in [6.07, 6.45) is 3.10. The monoisotopic (exact) mass is 274 g/mol. The Kier molecular flexibility index (Phi) is 4.79. The molecule has 0 saturated carbocycles. The van der Waals surface area contributed by atoms with E-state index in [9.17, 15) is 9.90 Å². The average molecular weight is 274 g/mol. The maximum absolute atomic E-state index is 11.9. The van der Waals surface area contributed by atoms with Gasteiger partial charge in [-0.3, -0.25) is 4.79 Å². The number of aliphatic hydroxyl groups excluding tert-OH is 1. The first kappa shape index (κ1) is 14.6. The summed E-state index contributed by atoms with van der Waals surface area (Å²) in [6, 6.07) is 7.92. The molecule has 0 aliphatic carbocycles. The number of H-pyrrole nitrogens is 1. The number of fused-ring (bicyclic) bond motifs is 1. The standard InChI is InChI=1S/C16H22N2O2/c1-11(2)15(10-19)18-16(20)8-7-12-9-17-14-6-4-3-5-13(12)14/h3-6,9,11,15,17,19H,7-8,10H2,1-2H3,(H,18,20). The Labute approximate surface area is 119 Å². The van der Waals surface area contributed by atoms with E-state index in [1.54, 1.807) is 0 Å². The van der Waals surface area contributed by atoms with Crippen molar-refractivity contribution in [3.05, 3.63) is 36.0 Å². The van der Waals surface area contributed by atoms with E-state index in [-0.39, 0.29) is 24.5 Å². The van der Waals surface area contributed by atoms with Crippen LogP contribution in [0, 0.1) is 5.92 Å². The summed E-state index contributed by atoms with van der Waals surface area (Å²) in [7, 11) is 0. The molecule has 3 N–H and O–H groups in total.